The summed E-state index contributed by atoms with van der Waals surface area (Å²) in [5, 5.41) is 0.753. The summed E-state index contributed by atoms with van der Waals surface area (Å²) in [6.07, 6.45) is 2.44. The van der Waals surface area contributed by atoms with E-state index < -0.39 is 0 Å². The molecule has 1 aromatic rings. The molecule has 1 fully saturated rings. The molecule has 1 heterocycles. The number of benzene rings is 1. The fraction of sp³-hybridized carbons (Fsp3) is 0.591. The first-order chi connectivity index (χ1) is 14.3. The summed E-state index contributed by atoms with van der Waals surface area (Å²) in [6, 6.07) is 4.73. The number of nitrogens with zero attached hydrogens (tertiary/aromatic N) is 2. The van der Waals surface area contributed by atoms with E-state index >= 15 is 0 Å². The molecular formula is C22H30Cl2N2O4. The van der Waals surface area contributed by atoms with Crippen LogP contribution in [0.1, 0.15) is 56.8 Å². The Labute approximate surface area is 188 Å². The highest BCUT2D eigenvalue weighted by atomic mass is 35.5. The van der Waals surface area contributed by atoms with Gasteiger partial charge in [-0.1, -0.05) is 30.1 Å². The summed E-state index contributed by atoms with van der Waals surface area (Å²) < 4.78 is 5.10. The molecule has 6 nitrogen and oxygen atoms in total. The lowest BCUT2D eigenvalue weighted by atomic mass is 9.98. The lowest BCUT2D eigenvalue weighted by molar-refractivity contribution is -0.151. The van der Waals surface area contributed by atoms with Crippen molar-refractivity contribution in [1.29, 1.82) is 0 Å². The molecule has 0 bridgehead atoms. The van der Waals surface area contributed by atoms with Crippen molar-refractivity contribution in [3.8, 4) is 0 Å². The molecule has 1 saturated heterocycles. The van der Waals surface area contributed by atoms with Crippen molar-refractivity contribution >= 4 is 41.0 Å². The average Bonchev–Trinajstić information content (AvgIpc) is 2.73. The van der Waals surface area contributed by atoms with Crippen LogP contribution in [0.15, 0.2) is 18.2 Å². The zero-order valence-electron chi connectivity index (χ0n) is 17.8. The summed E-state index contributed by atoms with van der Waals surface area (Å²) in [7, 11) is 0. The molecule has 0 saturated carbocycles. The molecule has 1 aliphatic rings. The molecule has 0 aliphatic carbocycles. The molecule has 2 rings (SSSR count). The molecule has 166 valence electrons. The highest BCUT2D eigenvalue weighted by Gasteiger charge is 2.30. The Hall–Kier alpha value is -1.79. The van der Waals surface area contributed by atoms with Crippen LogP contribution in [-0.4, -0.2) is 59.9 Å². The maximum absolute atomic E-state index is 13.1. The van der Waals surface area contributed by atoms with Crippen molar-refractivity contribution in [3.63, 3.8) is 0 Å². The Balaban J connectivity index is 2.04. The van der Waals surface area contributed by atoms with Crippen molar-refractivity contribution in [2.24, 2.45) is 5.92 Å². The molecule has 8 heteroatoms. The second-order valence-corrected chi connectivity index (χ2v) is 8.40. The first-order valence-electron chi connectivity index (χ1n) is 10.5. The van der Waals surface area contributed by atoms with Crippen LogP contribution in [0, 0.1) is 5.92 Å². The molecule has 0 radical (unpaired) electrons. The van der Waals surface area contributed by atoms with Gasteiger partial charge in [-0.15, -0.1) is 0 Å². The molecule has 0 aromatic heterocycles. The highest BCUT2D eigenvalue weighted by molar-refractivity contribution is 6.36. The van der Waals surface area contributed by atoms with Crippen LogP contribution in [-0.2, 0) is 14.3 Å². The molecule has 30 heavy (non-hydrogen) atoms. The number of hydrogen-bond acceptors (Lipinski definition) is 4. The minimum Gasteiger partial charge on any atom is -0.466 e. The summed E-state index contributed by atoms with van der Waals surface area (Å²) in [6.45, 7) is 7.33. The Bertz CT molecular complexity index is 772. The van der Waals surface area contributed by atoms with Gasteiger partial charge in [-0.25, -0.2) is 0 Å². The van der Waals surface area contributed by atoms with Gasteiger partial charge in [0.2, 0.25) is 5.91 Å². The van der Waals surface area contributed by atoms with Gasteiger partial charge in [-0.05, 0) is 51.3 Å². The molecular weight excluding hydrogens is 427 g/mol. The van der Waals surface area contributed by atoms with Crippen LogP contribution >= 0.6 is 23.2 Å². The molecule has 0 spiro atoms. The number of hydrogen-bond donors (Lipinski definition) is 0. The molecule has 1 aliphatic heterocycles. The number of carbonyl (C=O) groups is 3. The van der Waals surface area contributed by atoms with Gasteiger partial charge in [0.25, 0.3) is 5.91 Å². The number of ether oxygens (including phenoxy) is 1. The minimum atomic E-state index is -0.275. The summed E-state index contributed by atoms with van der Waals surface area (Å²) >= 11 is 12.2. The van der Waals surface area contributed by atoms with E-state index in [1.165, 1.54) is 0 Å². The number of amides is 2. The molecule has 2 amide bonds. The highest BCUT2D eigenvalue weighted by Crippen LogP contribution is 2.24. The van der Waals surface area contributed by atoms with E-state index in [0.29, 0.717) is 35.3 Å². The fourth-order valence-electron chi connectivity index (χ4n) is 3.59. The minimum absolute atomic E-state index is 0.0503. The predicted octanol–water partition coefficient (Wildman–Crippen LogP) is 4.43. The summed E-state index contributed by atoms with van der Waals surface area (Å²) in [5.41, 5.74) is 0.370. The van der Waals surface area contributed by atoms with E-state index in [0.717, 1.165) is 19.3 Å². The van der Waals surface area contributed by atoms with Crippen LogP contribution < -0.4 is 0 Å². The monoisotopic (exact) mass is 456 g/mol. The first-order valence-corrected chi connectivity index (χ1v) is 11.2. The number of halogens is 2. The number of likely N-dealkylation sites (tertiary alicyclic amines) is 1. The lowest BCUT2D eigenvalue weighted by Crippen LogP contribution is -2.45. The molecule has 2 atom stereocenters. The Kier molecular flexibility index (Phi) is 9.43. The lowest BCUT2D eigenvalue weighted by Gasteiger charge is -2.33. The van der Waals surface area contributed by atoms with E-state index in [4.69, 9.17) is 27.9 Å². The summed E-state index contributed by atoms with van der Waals surface area (Å²) in [4.78, 5) is 41.3. The van der Waals surface area contributed by atoms with Gasteiger partial charge in [0, 0.05) is 37.1 Å². The Morgan fingerprint density at radius 3 is 2.63 bits per heavy atom. The fourth-order valence-corrected chi connectivity index (χ4v) is 4.08. The smallest absolute Gasteiger partial charge is 0.310 e. The van der Waals surface area contributed by atoms with Crippen molar-refractivity contribution < 1.29 is 19.1 Å². The van der Waals surface area contributed by atoms with Crippen LogP contribution in [0.5, 0.6) is 0 Å². The first kappa shape index (κ1) is 24.5. The zero-order valence-corrected chi connectivity index (χ0v) is 19.3. The van der Waals surface area contributed by atoms with Gasteiger partial charge in [0.05, 0.1) is 23.1 Å². The topological polar surface area (TPSA) is 66.9 Å². The molecule has 2 unspecified atom stereocenters. The summed E-state index contributed by atoms with van der Waals surface area (Å²) in [5.74, 6) is -0.805. The van der Waals surface area contributed by atoms with Gasteiger partial charge in [0.15, 0.2) is 0 Å². The van der Waals surface area contributed by atoms with Gasteiger partial charge >= 0.3 is 5.97 Å². The number of rotatable bonds is 8. The third-order valence-corrected chi connectivity index (χ3v) is 6.05. The molecule has 0 N–H and O–H groups in total. The zero-order chi connectivity index (χ0) is 22.3. The number of carbonyl (C=O) groups excluding carboxylic acids is 3. The SMILES string of the molecule is CCOC(=O)C1CCCN(C(=O)CCN(C(=O)c2ccc(Cl)cc2Cl)C(C)CC)C1. The third-order valence-electron chi connectivity index (χ3n) is 5.51. The van der Waals surface area contributed by atoms with E-state index in [1.54, 1.807) is 34.9 Å². The largest absolute Gasteiger partial charge is 0.466 e. The van der Waals surface area contributed by atoms with Crippen molar-refractivity contribution in [1.82, 2.24) is 9.80 Å². The predicted molar refractivity (Wildman–Crippen MR) is 118 cm³/mol. The van der Waals surface area contributed by atoms with E-state index in [-0.39, 0.29) is 42.7 Å². The Morgan fingerprint density at radius 1 is 1.27 bits per heavy atom. The van der Waals surface area contributed by atoms with Crippen molar-refractivity contribution in [3.05, 3.63) is 33.8 Å². The van der Waals surface area contributed by atoms with Crippen molar-refractivity contribution in [2.75, 3.05) is 26.2 Å². The van der Waals surface area contributed by atoms with E-state index in [2.05, 4.69) is 0 Å². The quantitative estimate of drug-likeness (QED) is 0.542. The van der Waals surface area contributed by atoms with Gasteiger partial charge < -0.3 is 14.5 Å². The third kappa shape index (κ3) is 6.35. The van der Waals surface area contributed by atoms with Crippen molar-refractivity contribution in [2.45, 2.75) is 52.5 Å². The van der Waals surface area contributed by atoms with E-state index in [1.807, 2.05) is 13.8 Å². The second-order valence-electron chi connectivity index (χ2n) is 7.56. The van der Waals surface area contributed by atoms with Crippen LogP contribution in [0.2, 0.25) is 10.0 Å². The maximum Gasteiger partial charge on any atom is 0.310 e. The normalized spacial score (nSPS) is 17.4. The van der Waals surface area contributed by atoms with Gasteiger partial charge in [0.1, 0.15) is 0 Å². The van der Waals surface area contributed by atoms with E-state index in [9.17, 15) is 14.4 Å². The standard InChI is InChI=1S/C22H30Cl2N2O4/c1-4-15(3)26(21(28)18-9-8-17(23)13-19(18)24)12-10-20(27)25-11-6-7-16(14-25)22(29)30-5-2/h8-9,13,15-16H,4-7,10-12,14H2,1-3H3. The number of esters is 1. The average molecular weight is 457 g/mol. The second kappa shape index (κ2) is 11.6. The number of piperidine rings is 1. The van der Waals surface area contributed by atoms with Crippen LogP contribution in [0.25, 0.3) is 0 Å². The van der Waals surface area contributed by atoms with Crippen LogP contribution in [0.4, 0.5) is 0 Å². The van der Waals surface area contributed by atoms with Gasteiger partial charge in [-0.3, -0.25) is 14.4 Å². The maximum atomic E-state index is 13.1. The van der Waals surface area contributed by atoms with Crippen LogP contribution in [0.3, 0.4) is 0 Å². The molecule has 1 aromatic carbocycles. The Morgan fingerprint density at radius 2 is 2.00 bits per heavy atom. The van der Waals surface area contributed by atoms with Gasteiger partial charge in [-0.2, -0.15) is 0 Å².